The number of pyridine rings is 1. The first-order valence-electron chi connectivity index (χ1n) is 9.44. The Morgan fingerprint density at radius 2 is 2.11 bits per heavy atom. The zero-order valence-electron chi connectivity index (χ0n) is 15.5. The number of benzene rings is 1. The number of hydrogen-bond donors (Lipinski definition) is 1. The topological polar surface area (TPSA) is 54.5 Å². The van der Waals surface area contributed by atoms with Gasteiger partial charge in [-0.1, -0.05) is 11.6 Å². The van der Waals surface area contributed by atoms with Gasteiger partial charge in [0, 0.05) is 65.4 Å². The van der Waals surface area contributed by atoms with Crippen molar-refractivity contribution in [1.82, 2.24) is 15.2 Å². The first-order valence-corrected chi connectivity index (χ1v) is 10.6. The summed E-state index contributed by atoms with van der Waals surface area (Å²) in [4.78, 5) is 20.5. The van der Waals surface area contributed by atoms with Crippen LogP contribution in [0.15, 0.2) is 30.5 Å². The Morgan fingerprint density at radius 3 is 2.93 bits per heavy atom. The molecule has 4 heterocycles. The van der Waals surface area contributed by atoms with Gasteiger partial charge in [-0.05, 0) is 31.2 Å². The van der Waals surface area contributed by atoms with E-state index in [4.69, 9.17) is 16.3 Å². The number of aryl methyl sites for hydroxylation is 1. The summed E-state index contributed by atoms with van der Waals surface area (Å²) >= 11 is 8.15. The number of carbonyl (C=O) groups is 1. The molecule has 3 aromatic rings. The van der Waals surface area contributed by atoms with Crippen molar-refractivity contribution in [3.63, 3.8) is 0 Å². The number of rotatable bonds is 2. The second-order valence-electron chi connectivity index (χ2n) is 7.26. The summed E-state index contributed by atoms with van der Waals surface area (Å²) < 4.78 is 7.35. The Bertz CT molecular complexity index is 1070. The van der Waals surface area contributed by atoms with Crippen molar-refractivity contribution in [2.45, 2.75) is 19.4 Å². The van der Waals surface area contributed by atoms with Gasteiger partial charge in [-0.25, -0.2) is 0 Å². The zero-order valence-corrected chi connectivity index (χ0v) is 17.1. The van der Waals surface area contributed by atoms with Crippen LogP contribution in [0.3, 0.4) is 0 Å². The normalized spacial score (nSPS) is 18.9. The lowest BCUT2D eigenvalue weighted by molar-refractivity contribution is -0.138. The van der Waals surface area contributed by atoms with Gasteiger partial charge in [-0.2, -0.15) is 0 Å². The fourth-order valence-corrected chi connectivity index (χ4v) is 5.26. The summed E-state index contributed by atoms with van der Waals surface area (Å²) in [6, 6.07) is 7.94. The van der Waals surface area contributed by atoms with Crippen molar-refractivity contribution >= 4 is 39.1 Å². The van der Waals surface area contributed by atoms with Crippen LogP contribution in [0.4, 0.5) is 0 Å². The highest BCUT2D eigenvalue weighted by atomic mass is 35.5. The standard InChI is InChI=1S/C21H20ClN3O2S/c1-12-8-17-20(28-12)15(2-3-24-17)16-11-14(22)9-13-10-18(27-19(13)16)21(26)25-6-4-23-5-7-25/h2-3,8-9,11,18,23H,4-7,10H2,1H3/t18-/m1/s1. The van der Waals surface area contributed by atoms with Gasteiger partial charge in [0.15, 0.2) is 6.10 Å². The first-order chi connectivity index (χ1) is 13.6. The third-order valence-electron chi connectivity index (χ3n) is 5.33. The van der Waals surface area contributed by atoms with Gasteiger partial charge in [0.1, 0.15) is 5.75 Å². The molecular formula is C21H20ClN3O2S. The molecule has 1 fully saturated rings. The van der Waals surface area contributed by atoms with E-state index in [9.17, 15) is 4.79 Å². The molecule has 144 valence electrons. The summed E-state index contributed by atoms with van der Waals surface area (Å²) in [5.41, 5.74) is 3.96. The van der Waals surface area contributed by atoms with E-state index < -0.39 is 6.10 Å². The van der Waals surface area contributed by atoms with Crippen LogP contribution in [0.1, 0.15) is 10.4 Å². The molecule has 1 aromatic carbocycles. The van der Waals surface area contributed by atoms with Crippen LogP contribution in [0.2, 0.25) is 5.02 Å². The molecule has 2 aliphatic heterocycles. The van der Waals surface area contributed by atoms with Gasteiger partial charge in [0.2, 0.25) is 0 Å². The Hall–Kier alpha value is -2.15. The molecule has 1 amide bonds. The fourth-order valence-electron chi connectivity index (χ4n) is 4.02. The number of ether oxygens (including phenoxy) is 1. The number of hydrogen-bond acceptors (Lipinski definition) is 5. The van der Waals surface area contributed by atoms with Crippen LogP contribution in [-0.2, 0) is 11.2 Å². The number of amides is 1. The van der Waals surface area contributed by atoms with Crippen molar-refractivity contribution in [2.75, 3.05) is 26.2 Å². The molecule has 0 radical (unpaired) electrons. The summed E-state index contributed by atoms with van der Waals surface area (Å²) in [5.74, 6) is 0.836. The molecule has 2 aromatic heterocycles. The van der Waals surface area contributed by atoms with Gasteiger partial charge < -0.3 is 15.0 Å². The number of nitrogens with one attached hydrogen (secondary N) is 1. The number of aromatic nitrogens is 1. The van der Waals surface area contributed by atoms with E-state index in [1.165, 1.54) is 4.88 Å². The number of fused-ring (bicyclic) bond motifs is 2. The van der Waals surface area contributed by atoms with Crippen LogP contribution in [0.25, 0.3) is 21.3 Å². The van der Waals surface area contributed by atoms with Crippen molar-refractivity contribution in [2.24, 2.45) is 0 Å². The maximum Gasteiger partial charge on any atom is 0.264 e. The van der Waals surface area contributed by atoms with Gasteiger partial charge in [-0.15, -0.1) is 11.3 Å². The number of halogens is 1. The smallest absolute Gasteiger partial charge is 0.264 e. The largest absolute Gasteiger partial charge is 0.479 e. The average Bonchev–Trinajstić information content (AvgIpc) is 3.29. The van der Waals surface area contributed by atoms with Gasteiger partial charge in [0.25, 0.3) is 5.91 Å². The van der Waals surface area contributed by atoms with Crippen molar-refractivity contribution in [3.8, 4) is 16.9 Å². The van der Waals surface area contributed by atoms with E-state index in [0.717, 1.165) is 58.8 Å². The van der Waals surface area contributed by atoms with E-state index in [2.05, 4.69) is 23.3 Å². The highest BCUT2D eigenvalue weighted by Gasteiger charge is 2.35. The second kappa shape index (κ2) is 7.03. The SMILES string of the molecule is Cc1cc2nccc(-c3cc(Cl)cc4c3O[C@@H](C(=O)N3CCNCC3)C4)c2s1. The fraction of sp³-hybridized carbons (Fsp3) is 0.333. The number of carbonyl (C=O) groups excluding carboxylic acids is 1. The number of nitrogens with zero attached hydrogens (tertiary/aromatic N) is 2. The lowest BCUT2D eigenvalue weighted by atomic mass is 10.0. The minimum atomic E-state index is -0.479. The maximum absolute atomic E-state index is 12.9. The van der Waals surface area contributed by atoms with E-state index in [1.54, 1.807) is 11.3 Å². The lowest BCUT2D eigenvalue weighted by Gasteiger charge is -2.29. The number of thiophene rings is 1. The predicted molar refractivity (Wildman–Crippen MR) is 112 cm³/mol. The van der Waals surface area contributed by atoms with Crippen molar-refractivity contribution in [3.05, 3.63) is 45.9 Å². The molecule has 0 unspecified atom stereocenters. The van der Waals surface area contributed by atoms with E-state index in [0.29, 0.717) is 11.4 Å². The Kier molecular flexibility index (Phi) is 4.50. The molecule has 1 saturated heterocycles. The molecule has 0 bridgehead atoms. The maximum atomic E-state index is 12.9. The molecule has 28 heavy (non-hydrogen) atoms. The minimum absolute atomic E-state index is 0.0617. The van der Waals surface area contributed by atoms with Crippen molar-refractivity contribution in [1.29, 1.82) is 0 Å². The van der Waals surface area contributed by atoms with E-state index in [-0.39, 0.29) is 5.91 Å². The van der Waals surface area contributed by atoms with Crippen LogP contribution < -0.4 is 10.1 Å². The highest BCUT2D eigenvalue weighted by molar-refractivity contribution is 7.19. The van der Waals surface area contributed by atoms with Gasteiger partial charge >= 0.3 is 0 Å². The predicted octanol–water partition coefficient (Wildman–Crippen LogP) is 3.66. The quantitative estimate of drug-likeness (QED) is 0.696. The highest BCUT2D eigenvalue weighted by Crippen LogP contribution is 2.44. The molecule has 2 aliphatic rings. The van der Waals surface area contributed by atoms with Gasteiger partial charge in [-0.3, -0.25) is 9.78 Å². The molecule has 7 heteroatoms. The van der Waals surface area contributed by atoms with E-state index in [1.807, 2.05) is 29.3 Å². The molecular weight excluding hydrogens is 394 g/mol. The van der Waals surface area contributed by atoms with E-state index >= 15 is 0 Å². The lowest BCUT2D eigenvalue weighted by Crippen LogP contribution is -2.50. The van der Waals surface area contributed by atoms with Crippen LogP contribution in [0, 0.1) is 6.92 Å². The zero-order chi connectivity index (χ0) is 19.3. The molecule has 0 spiro atoms. The molecule has 1 N–H and O–H groups in total. The van der Waals surface area contributed by atoms with Crippen molar-refractivity contribution < 1.29 is 9.53 Å². The van der Waals surface area contributed by atoms with Crippen LogP contribution >= 0.6 is 22.9 Å². The summed E-state index contributed by atoms with van der Waals surface area (Å²) in [5, 5.41) is 3.94. The summed E-state index contributed by atoms with van der Waals surface area (Å²) in [7, 11) is 0. The molecule has 5 rings (SSSR count). The van der Waals surface area contributed by atoms with Crippen LogP contribution in [-0.4, -0.2) is 48.1 Å². The Labute approximate surface area is 172 Å². The Balaban J connectivity index is 1.54. The minimum Gasteiger partial charge on any atom is -0.479 e. The molecule has 1 atom stereocenters. The average molecular weight is 414 g/mol. The summed E-state index contributed by atoms with van der Waals surface area (Å²) in [6.07, 6.45) is 1.89. The molecule has 5 nitrogen and oxygen atoms in total. The Morgan fingerprint density at radius 1 is 1.29 bits per heavy atom. The second-order valence-corrected chi connectivity index (χ2v) is 8.95. The molecule has 0 saturated carbocycles. The van der Waals surface area contributed by atoms with Crippen LogP contribution in [0.5, 0.6) is 5.75 Å². The third kappa shape index (κ3) is 3.05. The monoisotopic (exact) mass is 413 g/mol. The molecule has 0 aliphatic carbocycles. The first kappa shape index (κ1) is 17.9. The number of piperazine rings is 1. The third-order valence-corrected chi connectivity index (χ3v) is 6.62. The van der Waals surface area contributed by atoms with Gasteiger partial charge in [0.05, 0.1) is 10.2 Å². The summed E-state index contributed by atoms with van der Waals surface area (Å²) in [6.45, 7) is 5.19.